The van der Waals surface area contributed by atoms with Gasteiger partial charge in [-0.15, -0.1) is 0 Å². The molecule has 254 valence electrons. The summed E-state index contributed by atoms with van der Waals surface area (Å²) in [6, 6.07) is 23.8. The average Bonchev–Trinajstić information content (AvgIpc) is 3.08. The van der Waals surface area contributed by atoms with E-state index in [9.17, 15) is 23.1 Å². The number of anilines is 1. The number of amides is 2. The Morgan fingerprint density at radius 3 is 2.15 bits per heavy atom. The monoisotopic (exact) mass is 673 g/mol. The summed E-state index contributed by atoms with van der Waals surface area (Å²) in [7, 11) is -3.71. The van der Waals surface area contributed by atoms with Crippen LogP contribution < -0.4 is 25.4 Å². The first-order valence-electron chi connectivity index (χ1n) is 15.9. The van der Waals surface area contributed by atoms with Crippen molar-refractivity contribution >= 4 is 27.5 Å². The molecule has 4 aromatic rings. The van der Waals surface area contributed by atoms with Gasteiger partial charge in [-0.3, -0.25) is 19.3 Å². The average molecular weight is 674 g/mol. The number of aliphatic hydroxyl groups is 1. The Balaban J connectivity index is 1.55. The van der Waals surface area contributed by atoms with Crippen molar-refractivity contribution in [3.63, 3.8) is 0 Å². The van der Waals surface area contributed by atoms with Gasteiger partial charge in [0.15, 0.2) is 0 Å². The molecule has 0 aliphatic heterocycles. The van der Waals surface area contributed by atoms with E-state index < -0.39 is 34.0 Å². The molecule has 4 rings (SSSR count). The number of nitrogens with zero attached hydrogens (tertiary/aromatic N) is 1. The molecule has 0 radical (unpaired) electrons. The normalized spacial score (nSPS) is 13.2. The summed E-state index contributed by atoms with van der Waals surface area (Å²) in [4.78, 5) is 31.3. The number of carbonyl (C=O) groups excluding carboxylic acids is 2. The molecule has 0 saturated carbocycles. The van der Waals surface area contributed by atoms with E-state index in [0.29, 0.717) is 25.3 Å². The van der Waals surface area contributed by atoms with Gasteiger partial charge in [0.05, 0.1) is 42.4 Å². The van der Waals surface area contributed by atoms with Crippen LogP contribution in [0.4, 0.5) is 5.69 Å². The molecule has 11 nitrogen and oxygen atoms in total. The fourth-order valence-corrected chi connectivity index (χ4v) is 5.64. The molecule has 0 fully saturated rings. The molecule has 2 amide bonds. The third kappa shape index (κ3) is 10.9. The van der Waals surface area contributed by atoms with Gasteiger partial charge < -0.3 is 25.8 Å². The van der Waals surface area contributed by atoms with Crippen molar-refractivity contribution < 1.29 is 27.9 Å². The molecule has 1 aromatic heterocycles. The number of nitrogens with one attached hydrogen (secondary N) is 4. The minimum atomic E-state index is -3.71. The molecule has 0 bridgehead atoms. The molecule has 3 atom stereocenters. The molecular formula is C36H43N5O6S. The largest absolute Gasteiger partial charge is 0.492 e. The molecule has 0 saturated heterocycles. The van der Waals surface area contributed by atoms with Crippen LogP contribution in [0.1, 0.15) is 64.2 Å². The standard InChI is InChI=1S/C36H43N5O6S/c1-4-47-32-16-27(21-37-23-32)22-38-24-34(42)33(17-26-12-8-6-9-13-26)40-36(44)30-18-29(19-31(20-30)41-48(45,46)5-2)35(43)39-25(3)28-14-10-7-11-15-28/h6-16,18-21,23,25,33-34,38,41-42H,4-5,17,22,24H2,1-3H3,(H,39,43)(H,40,44)/t25-,33+,34-/m1/s1. The molecule has 0 aliphatic rings. The number of pyridine rings is 1. The van der Waals surface area contributed by atoms with E-state index in [0.717, 1.165) is 16.7 Å². The number of carbonyl (C=O) groups is 2. The summed E-state index contributed by atoms with van der Waals surface area (Å²) < 4.78 is 32.9. The van der Waals surface area contributed by atoms with Gasteiger partial charge in [-0.1, -0.05) is 60.7 Å². The molecule has 3 aromatic carbocycles. The van der Waals surface area contributed by atoms with Crippen LogP contribution in [0.25, 0.3) is 0 Å². The Kier molecular flexibility index (Phi) is 13.1. The fourth-order valence-electron chi connectivity index (χ4n) is 5.02. The van der Waals surface area contributed by atoms with E-state index in [1.165, 1.54) is 25.1 Å². The minimum Gasteiger partial charge on any atom is -0.492 e. The number of hydrogen-bond acceptors (Lipinski definition) is 8. The van der Waals surface area contributed by atoms with Crippen LogP contribution in [0.3, 0.4) is 0 Å². The predicted octanol–water partition coefficient (Wildman–Crippen LogP) is 4.22. The summed E-state index contributed by atoms with van der Waals surface area (Å²) in [6.07, 6.45) is 2.66. The molecule has 0 unspecified atom stereocenters. The fraction of sp³-hybridized carbons (Fsp3) is 0.306. The van der Waals surface area contributed by atoms with Crippen LogP contribution in [-0.2, 0) is 23.0 Å². The Bertz CT molecular complexity index is 1760. The van der Waals surface area contributed by atoms with Gasteiger partial charge in [-0.2, -0.15) is 0 Å². The van der Waals surface area contributed by atoms with E-state index in [1.54, 1.807) is 12.4 Å². The Morgan fingerprint density at radius 1 is 0.854 bits per heavy atom. The van der Waals surface area contributed by atoms with Crippen LogP contribution in [0.2, 0.25) is 0 Å². The van der Waals surface area contributed by atoms with E-state index in [2.05, 4.69) is 25.7 Å². The van der Waals surface area contributed by atoms with Gasteiger partial charge in [-0.05, 0) is 68.1 Å². The van der Waals surface area contributed by atoms with Crippen molar-refractivity contribution in [1.29, 1.82) is 0 Å². The van der Waals surface area contributed by atoms with Gasteiger partial charge in [0, 0.05) is 30.4 Å². The highest BCUT2D eigenvalue weighted by Crippen LogP contribution is 2.20. The van der Waals surface area contributed by atoms with Gasteiger partial charge in [0.2, 0.25) is 10.0 Å². The lowest BCUT2D eigenvalue weighted by Crippen LogP contribution is -2.48. The van der Waals surface area contributed by atoms with Crippen molar-refractivity contribution in [1.82, 2.24) is 20.9 Å². The van der Waals surface area contributed by atoms with E-state index >= 15 is 0 Å². The third-order valence-corrected chi connectivity index (χ3v) is 8.91. The number of rotatable bonds is 17. The minimum absolute atomic E-state index is 0.0563. The zero-order valence-electron chi connectivity index (χ0n) is 27.3. The first-order chi connectivity index (χ1) is 23.1. The lowest BCUT2D eigenvalue weighted by atomic mass is 10.00. The van der Waals surface area contributed by atoms with Crippen molar-refractivity contribution in [2.75, 3.05) is 23.6 Å². The van der Waals surface area contributed by atoms with Crippen molar-refractivity contribution in [2.24, 2.45) is 0 Å². The second kappa shape index (κ2) is 17.4. The van der Waals surface area contributed by atoms with E-state index in [-0.39, 0.29) is 35.2 Å². The SMILES string of the molecule is CCOc1cncc(CNC[C@@H](O)[C@H](Cc2ccccc2)NC(=O)c2cc(NS(=O)(=O)CC)cc(C(=O)N[C@H](C)c3ccccc3)c2)c1. The van der Waals surface area contributed by atoms with Crippen LogP contribution in [0, 0.1) is 0 Å². The summed E-state index contributed by atoms with van der Waals surface area (Å²) >= 11 is 0. The van der Waals surface area contributed by atoms with Crippen LogP contribution in [0.15, 0.2) is 97.3 Å². The Hall–Kier alpha value is -4.78. The molecule has 12 heteroatoms. The van der Waals surface area contributed by atoms with Gasteiger partial charge in [0.1, 0.15) is 5.75 Å². The van der Waals surface area contributed by atoms with Crippen molar-refractivity contribution in [3.8, 4) is 5.75 Å². The maximum absolute atomic E-state index is 13.8. The number of sulfonamides is 1. The lowest BCUT2D eigenvalue weighted by molar-refractivity contribution is 0.0830. The molecule has 5 N–H and O–H groups in total. The Labute approximate surface area is 282 Å². The highest BCUT2D eigenvalue weighted by molar-refractivity contribution is 7.92. The van der Waals surface area contributed by atoms with Gasteiger partial charge in [0.25, 0.3) is 11.8 Å². The van der Waals surface area contributed by atoms with E-state index in [4.69, 9.17) is 4.74 Å². The zero-order valence-corrected chi connectivity index (χ0v) is 28.2. The predicted molar refractivity (Wildman–Crippen MR) is 186 cm³/mol. The summed E-state index contributed by atoms with van der Waals surface area (Å²) in [6.45, 7) is 6.30. The number of aliphatic hydroxyl groups excluding tert-OH is 1. The number of aromatic nitrogens is 1. The molecule has 1 heterocycles. The zero-order chi connectivity index (χ0) is 34.5. The van der Waals surface area contributed by atoms with E-state index in [1.807, 2.05) is 80.6 Å². The van der Waals surface area contributed by atoms with Crippen molar-refractivity contribution in [3.05, 3.63) is 125 Å². The number of benzene rings is 3. The third-order valence-electron chi connectivity index (χ3n) is 7.60. The van der Waals surface area contributed by atoms with Gasteiger partial charge in [-0.25, -0.2) is 8.42 Å². The molecule has 0 spiro atoms. The van der Waals surface area contributed by atoms with Gasteiger partial charge >= 0.3 is 0 Å². The second-order valence-corrected chi connectivity index (χ2v) is 13.4. The molecular weight excluding hydrogens is 630 g/mol. The topological polar surface area (TPSA) is 159 Å². The second-order valence-electron chi connectivity index (χ2n) is 11.3. The smallest absolute Gasteiger partial charge is 0.251 e. The molecule has 48 heavy (non-hydrogen) atoms. The van der Waals surface area contributed by atoms with Crippen LogP contribution >= 0.6 is 0 Å². The summed E-state index contributed by atoms with van der Waals surface area (Å²) in [5.74, 6) is -0.602. The summed E-state index contributed by atoms with van der Waals surface area (Å²) in [5, 5.41) is 20.4. The maximum atomic E-state index is 13.8. The highest BCUT2D eigenvalue weighted by atomic mass is 32.2. The first-order valence-corrected chi connectivity index (χ1v) is 17.5. The van der Waals surface area contributed by atoms with Crippen LogP contribution in [0.5, 0.6) is 5.75 Å². The molecule has 0 aliphatic carbocycles. The van der Waals surface area contributed by atoms with Crippen molar-refractivity contribution in [2.45, 2.75) is 51.9 Å². The van der Waals surface area contributed by atoms with Crippen LogP contribution in [-0.4, -0.2) is 61.4 Å². The summed E-state index contributed by atoms with van der Waals surface area (Å²) in [5.41, 5.74) is 2.89. The highest BCUT2D eigenvalue weighted by Gasteiger charge is 2.24. The number of ether oxygens (including phenoxy) is 1. The first kappa shape index (κ1) is 36.1. The number of hydrogen-bond donors (Lipinski definition) is 5. The lowest BCUT2D eigenvalue weighted by Gasteiger charge is -2.25. The Morgan fingerprint density at radius 2 is 1.50 bits per heavy atom. The quantitative estimate of drug-likeness (QED) is 0.111. The maximum Gasteiger partial charge on any atom is 0.251 e.